The summed E-state index contributed by atoms with van der Waals surface area (Å²) in [5.74, 6) is 0.539. The van der Waals surface area contributed by atoms with E-state index in [4.69, 9.17) is 4.74 Å². The second-order valence-electron chi connectivity index (χ2n) is 4.02. The molecule has 0 saturated carbocycles. The fourth-order valence-electron chi connectivity index (χ4n) is 1.49. The first-order valence-corrected chi connectivity index (χ1v) is 5.56. The summed E-state index contributed by atoms with van der Waals surface area (Å²) in [6.07, 6.45) is 0.909. The highest BCUT2D eigenvalue weighted by molar-refractivity contribution is 5.97. The number of carbonyl (C=O) groups is 1. The van der Waals surface area contributed by atoms with Crippen LogP contribution in [-0.2, 0) is 6.42 Å². The molecule has 16 heavy (non-hydrogen) atoms. The van der Waals surface area contributed by atoms with E-state index in [0.29, 0.717) is 11.3 Å². The predicted octanol–water partition coefficient (Wildman–Crippen LogP) is 2.40. The topological polar surface area (TPSA) is 38.3 Å². The van der Waals surface area contributed by atoms with Gasteiger partial charge in [0, 0.05) is 6.04 Å². The zero-order valence-corrected chi connectivity index (χ0v) is 10.3. The molecule has 0 aliphatic rings. The Balaban J connectivity index is 3.03. The molecule has 3 nitrogen and oxygen atoms in total. The molecule has 1 rings (SSSR count). The zero-order chi connectivity index (χ0) is 12.1. The Morgan fingerprint density at radius 3 is 2.62 bits per heavy atom. The van der Waals surface area contributed by atoms with Gasteiger partial charge in [0.25, 0.3) is 5.91 Å². The first-order valence-electron chi connectivity index (χ1n) is 5.56. The molecule has 1 aromatic rings. The molecule has 1 N–H and O–H groups in total. The van der Waals surface area contributed by atoms with E-state index < -0.39 is 0 Å². The molecule has 0 unspecified atom stereocenters. The molecule has 0 aliphatic heterocycles. The molecule has 88 valence electrons. The lowest BCUT2D eigenvalue weighted by Gasteiger charge is -2.12. The minimum Gasteiger partial charge on any atom is -0.496 e. The monoisotopic (exact) mass is 221 g/mol. The first-order chi connectivity index (χ1) is 7.58. The summed E-state index contributed by atoms with van der Waals surface area (Å²) in [4.78, 5) is 11.9. The van der Waals surface area contributed by atoms with Crippen molar-refractivity contribution >= 4 is 5.91 Å². The van der Waals surface area contributed by atoms with Gasteiger partial charge in [-0.1, -0.05) is 13.0 Å². The molecule has 0 fully saturated rings. The number of aryl methyl sites for hydroxylation is 1. The average Bonchev–Trinajstić information content (AvgIpc) is 2.27. The van der Waals surface area contributed by atoms with Crippen LogP contribution in [0, 0.1) is 0 Å². The molecule has 0 radical (unpaired) electrons. The van der Waals surface area contributed by atoms with Crippen LogP contribution in [-0.4, -0.2) is 19.1 Å². The van der Waals surface area contributed by atoms with Crippen molar-refractivity contribution in [3.8, 4) is 5.75 Å². The lowest BCUT2D eigenvalue weighted by atomic mass is 10.1. The minimum absolute atomic E-state index is 0.0813. The summed E-state index contributed by atoms with van der Waals surface area (Å²) in [6, 6.07) is 5.83. The first kappa shape index (κ1) is 12.6. The van der Waals surface area contributed by atoms with Crippen LogP contribution in [0.15, 0.2) is 18.2 Å². The number of hydrogen-bond donors (Lipinski definition) is 1. The van der Waals surface area contributed by atoms with Gasteiger partial charge in [-0.3, -0.25) is 4.79 Å². The largest absolute Gasteiger partial charge is 0.496 e. The van der Waals surface area contributed by atoms with Gasteiger partial charge >= 0.3 is 0 Å². The van der Waals surface area contributed by atoms with Gasteiger partial charge in [-0.15, -0.1) is 0 Å². The summed E-state index contributed by atoms with van der Waals surface area (Å²) in [5.41, 5.74) is 1.74. The van der Waals surface area contributed by atoms with E-state index in [2.05, 4.69) is 12.2 Å². The number of nitrogens with one attached hydrogen (secondary N) is 1. The van der Waals surface area contributed by atoms with E-state index in [9.17, 15) is 4.79 Å². The zero-order valence-electron chi connectivity index (χ0n) is 10.3. The van der Waals surface area contributed by atoms with Gasteiger partial charge in [0.05, 0.1) is 12.7 Å². The van der Waals surface area contributed by atoms with Crippen LogP contribution in [0.3, 0.4) is 0 Å². The molecule has 0 heterocycles. The molecule has 0 bridgehead atoms. The van der Waals surface area contributed by atoms with E-state index in [1.54, 1.807) is 7.11 Å². The van der Waals surface area contributed by atoms with Crippen molar-refractivity contribution in [2.24, 2.45) is 0 Å². The van der Waals surface area contributed by atoms with E-state index in [1.165, 1.54) is 0 Å². The van der Waals surface area contributed by atoms with E-state index in [0.717, 1.165) is 12.0 Å². The number of carbonyl (C=O) groups excluding carboxylic acids is 1. The third-order valence-electron chi connectivity index (χ3n) is 2.34. The van der Waals surface area contributed by atoms with Gasteiger partial charge in [0.2, 0.25) is 0 Å². The quantitative estimate of drug-likeness (QED) is 0.847. The highest BCUT2D eigenvalue weighted by atomic mass is 16.5. The number of ether oxygens (including phenoxy) is 1. The summed E-state index contributed by atoms with van der Waals surface area (Å²) < 4.78 is 5.19. The summed E-state index contributed by atoms with van der Waals surface area (Å²) in [5, 5.41) is 2.87. The number of benzene rings is 1. The van der Waals surface area contributed by atoms with Crippen LogP contribution in [0.1, 0.15) is 36.7 Å². The highest BCUT2D eigenvalue weighted by Gasteiger charge is 2.13. The number of hydrogen-bond acceptors (Lipinski definition) is 2. The Hall–Kier alpha value is -1.51. The van der Waals surface area contributed by atoms with Crippen molar-refractivity contribution < 1.29 is 9.53 Å². The van der Waals surface area contributed by atoms with Crippen LogP contribution >= 0.6 is 0 Å². The fourth-order valence-corrected chi connectivity index (χ4v) is 1.49. The Kier molecular flexibility index (Phi) is 4.35. The second kappa shape index (κ2) is 5.54. The minimum atomic E-state index is -0.0813. The molecule has 0 atom stereocenters. The lowest BCUT2D eigenvalue weighted by Crippen LogP contribution is -2.30. The van der Waals surface area contributed by atoms with Crippen LogP contribution in [0.5, 0.6) is 5.75 Å². The third-order valence-corrected chi connectivity index (χ3v) is 2.34. The molecule has 1 aromatic carbocycles. The number of amides is 1. The summed E-state index contributed by atoms with van der Waals surface area (Å²) in [6.45, 7) is 5.94. The van der Waals surface area contributed by atoms with Crippen molar-refractivity contribution in [1.82, 2.24) is 5.32 Å². The maximum atomic E-state index is 11.9. The van der Waals surface area contributed by atoms with Crippen LogP contribution in [0.4, 0.5) is 0 Å². The maximum absolute atomic E-state index is 11.9. The molecular weight excluding hydrogens is 202 g/mol. The third kappa shape index (κ3) is 2.99. The normalized spacial score (nSPS) is 10.3. The Bertz CT molecular complexity index is 372. The Labute approximate surface area is 96.8 Å². The standard InChI is InChI=1S/C13H19NO2/c1-5-10-6-7-12(16-4)11(8-10)13(15)14-9(2)3/h6-9H,5H2,1-4H3,(H,14,15). The number of rotatable bonds is 4. The SMILES string of the molecule is CCc1ccc(OC)c(C(=O)NC(C)C)c1. The smallest absolute Gasteiger partial charge is 0.255 e. The van der Waals surface area contributed by atoms with Crippen LogP contribution in [0.25, 0.3) is 0 Å². The van der Waals surface area contributed by atoms with E-state index in [1.807, 2.05) is 32.0 Å². The van der Waals surface area contributed by atoms with Gasteiger partial charge in [-0.2, -0.15) is 0 Å². The van der Waals surface area contributed by atoms with Crippen molar-refractivity contribution in [3.05, 3.63) is 29.3 Å². The predicted molar refractivity (Wildman–Crippen MR) is 65.0 cm³/mol. The summed E-state index contributed by atoms with van der Waals surface area (Å²) >= 11 is 0. The van der Waals surface area contributed by atoms with Crippen molar-refractivity contribution in [2.75, 3.05) is 7.11 Å². The van der Waals surface area contributed by atoms with Crippen molar-refractivity contribution in [3.63, 3.8) is 0 Å². The Morgan fingerprint density at radius 2 is 2.12 bits per heavy atom. The van der Waals surface area contributed by atoms with Crippen LogP contribution in [0.2, 0.25) is 0 Å². The van der Waals surface area contributed by atoms with E-state index in [-0.39, 0.29) is 11.9 Å². The van der Waals surface area contributed by atoms with E-state index >= 15 is 0 Å². The molecule has 1 amide bonds. The molecule has 0 aromatic heterocycles. The summed E-state index contributed by atoms with van der Waals surface area (Å²) in [7, 11) is 1.58. The molecule has 3 heteroatoms. The van der Waals surface area contributed by atoms with Gasteiger partial charge < -0.3 is 10.1 Å². The van der Waals surface area contributed by atoms with Gasteiger partial charge in [0.1, 0.15) is 5.75 Å². The second-order valence-corrected chi connectivity index (χ2v) is 4.02. The van der Waals surface area contributed by atoms with Gasteiger partial charge in [-0.05, 0) is 38.0 Å². The molecule has 0 spiro atoms. The maximum Gasteiger partial charge on any atom is 0.255 e. The molecule has 0 aliphatic carbocycles. The molecular formula is C13H19NO2. The van der Waals surface area contributed by atoms with Crippen LogP contribution < -0.4 is 10.1 Å². The van der Waals surface area contributed by atoms with Crippen molar-refractivity contribution in [2.45, 2.75) is 33.2 Å². The van der Waals surface area contributed by atoms with Gasteiger partial charge in [0.15, 0.2) is 0 Å². The van der Waals surface area contributed by atoms with Gasteiger partial charge in [-0.25, -0.2) is 0 Å². The fraction of sp³-hybridized carbons (Fsp3) is 0.462. The number of methoxy groups -OCH3 is 1. The van der Waals surface area contributed by atoms with Crippen molar-refractivity contribution in [1.29, 1.82) is 0 Å². The highest BCUT2D eigenvalue weighted by Crippen LogP contribution is 2.20. The average molecular weight is 221 g/mol. The molecule has 0 saturated heterocycles. The lowest BCUT2D eigenvalue weighted by molar-refractivity contribution is 0.0940. The Morgan fingerprint density at radius 1 is 1.44 bits per heavy atom.